The Morgan fingerprint density at radius 1 is 1.16 bits per heavy atom. The van der Waals surface area contributed by atoms with Gasteiger partial charge in [-0.05, 0) is 54.3 Å². The topological polar surface area (TPSA) is 81.1 Å². The average Bonchev–Trinajstić information content (AvgIpc) is 3.03. The monoisotopic (exact) mass is 427 g/mol. The van der Waals surface area contributed by atoms with Crippen molar-refractivity contribution in [3.63, 3.8) is 0 Å². The van der Waals surface area contributed by atoms with Crippen LogP contribution in [0.1, 0.15) is 37.8 Å². The van der Waals surface area contributed by atoms with Gasteiger partial charge < -0.3 is 19.9 Å². The van der Waals surface area contributed by atoms with Gasteiger partial charge in [0.2, 0.25) is 11.9 Å². The molecule has 7 heteroatoms. The summed E-state index contributed by atoms with van der Waals surface area (Å²) in [7, 11) is 1.93. The lowest BCUT2D eigenvalue weighted by atomic mass is 9.97. The van der Waals surface area contributed by atoms with Crippen LogP contribution in [0.2, 0.25) is 0 Å². The first-order valence-corrected chi connectivity index (χ1v) is 10.4. The zero-order valence-corrected chi connectivity index (χ0v) is 18.8. The Morgan fingerprint density at radius 2 is 1.97 bits per heavy atom. The first-order chi connectivity index (χ1) is 15.3. The number of ether oxygens (including phenoxy) is 1. The lowest BCUT2D eigenvalue weighted by Crippen LogP contribution is -2.07. The second-order valence-electron chi connectivity index (χ2n) is 8.00. The minimum absolute atomic E-state index is 0.196. The molecule has 1 amide bonds. The summed E-state index contributed by atoms with van der Waals surface area (Å²) < 4.78 is 7.82. The van der Waals surface area contributed by atoms with Crippen LogP contribution < -0.4 is 15.4 Å². The summed E-state index contributed by atoms with van der Waals surface area (Å²) in [6.07, 6.45) is 1.57. The number of aromatic nitrogens is 3. The van der Waals surface area contributed by atoms with Crippen LogP contribution in [0.15, 0.2) is 42.6 Å². The van der Waals surface area contributed by atoms with Gasteiger partial charge in [0.15, 0.2) is 5.75 Å². The Hall–Kier alpha value is -4.05. The second-order valence-corrected chi connectivity index (χ2v) is 8.00. The van der Waals surface area contributed by atoms with Crippen molar-refractivity contribution in [2.75, 3.05) is 10.6 Å². The van der Waals surface area contributed by atoms with Crippen molar-refractivity contribution in [1.29, 1.82) is 0 Å². The van der Waals surface area contributed by atoms with Crippen molar-refractivity contribution < 1.29 is 9.53 Å². The molecule has 0 aliphatic carbocycles. The molecule has 0 aliphatic heterocycles. The zero-order chi connectivity index (χ0) is 22.8. The van der Waals surface area contributed by atoms with E-state index in [0.717, 1.165) is 16.7 Å². The Bertz CT molecular complexity index is 1290. The Kier molecular flexibility index (Phi) is 5.69. The number of aryl methyl sites for hydroxylation is 2. The standard InChI is InChI=1S/C25H25N5O2/c1-15(2)21-12-18(7-6-16(21)3)28-25-29-22-13-19(8-9-23(22)30(25)5)32-20-10-11-26-24(14-20)27-17(4)31/h6-7,10-15H,1-5H3,(H,28,29)(H,26,27,31). The highest BCUT2D eigenvalue weighted by Crippen LogP contribution is 2.28. The van der Waals surface area contributed by atoms with Gasteiger partial charge in [-0.25, -0.2) is 9.97 Å². The van der Waals surface area contributed by atoms with E-state index >= 15 is 0 Å². The molecule has 162 valence electrons. The van der Waals surface area contributed by atoms with Crippen LogP contribution in [0.4, 0.5) is 17.5 Å². The number of nitrogens with one attached hydrogen (secondary N) is 2. The van der Waals surface area contributed by atoms with E-state index < -0.39 is 0 Å². The lowest BCUT2D eigenvalue weighted by molar-refractivity contribution is -0.114. The molecule has 0 atom stereocenters. The molecule has 0 saturated carbocycles. The molecule has 0 bridgehead atoms. The molecular formula is C25H25N5O2. The third-order valence-corrected chi connectivity index (χ3v) is 5.11. The third-order valence-electron chi connectivity index (χ3n) is 5.11. The third kappa shape index (κ3) is 4.49. The number of fused-ring (bicyclic) bond motifs is 1. The molecule has 0 unspecified atom stereocenters. The highest BCUT2D eigenvalue weighted by Gasteiger charge is 2.11. The number of nitrogens with zero attached hydrogens (tertiary/aromatic N) is 3. The van der Waals surface area contributed by atoms with Crippen LogP contribution >= 0.6 is 0 Å². The molecule has 4 rings (SSSR count). The largest absolute Gasteiger partial charge is 0.448 e. The maximum absolute atomic E-state index is 11.2. The van der Waals surface area contributed by atoms with Crippen molar-refractivity contribution in [3.05, 3.63) is 65.9 Å². The first-order valence-electron chi connectivity index (χ1n) is 10.4. The zero-order valence-electron chi connectivity index (χ0n) is 18.8. The van der Waals surface area contributed by atoms with Crippen LogP contribution in [-0.4, -0.2) is 20.4 Å². The molecule has 0 saturated heterocycles. The van der Waals surface area contributed by atoms with Crippen molar-refractivity contribution in [2.24, 2.45) is 7.05 Å². The van der Waals surface area contributed by atoms with Gasteiger partial charge in [-0.15, -0.1) is 0 Å². The number of imidazole rings is 1. The number of pyridine rings is 1. The number of hydrogen-bond donors (Lipinski definition) is 2. The number of amides is 1. The summed E-state index contributed by atoms with van der Waals surface area (Å²) in [5.41, 5.74) is 5.11. The van der Waals surface area contributed by atoms with E-state index in [0.29, 0.717) is 29.2 Å². The van der Waals surface area contributed by atoms with Gasteiger partial charge in [0, 0.05) is 38.0 Å². The SMILES string of the molecule is CC(=O)Nc1cc(Oc2c#cc3c(c2)nc(Nc2ccc(C)c(C(C)C)c2)n3C)ccn1. The summed E-state index contributed by atoms with van der Waals surface area (Å²) in [5.74, 6) is 2.38. The number of rotatable bonds is 6. The van der Waals surface area contributed by atoms with Gasteiger partial charge in [0.25, 0.3) is 0 Å². The van der Waals surface area contributed by atoms with Crippen LogP contribution in [0.5, 0.6) is 11.5 Å². The summed E-state index contributed by atoms with van der Waals surface area (Å²) in [4.78, 5) is 20.1. The fourth-order valence-electron chi connectivity index (χ4n) is 3.54. The lowest BCUT2D eigenvalue weighted by Gasteiger charge is -2.13. The van der Waals surface area contributed by atoms with E-state index in [-0.39, 0.29) is 5.91 Å². The van der Waals surface area contributed by atoms with Gasteiger partial charge in [-0.3, -0.25) is 4.79 Å². The number of carbonyl (C=O) groups is 1. The van der Waals surface area contributed by atoms with Gasteiger partial charge in [0.1, 0.15) is 22.6 Å². The Balaban J connectivity index is 1.59. The summed E-state index contributed by atoms with van der Waals surface area (Å²) in [5, 5.41) is 6.04. The van der Waals surface area contributed by atoms with E-state index in [1.165, 1.54) is 18.1 Å². The summed E-state index contributed by atoms with van der Waals surface area (Å²) >= 11 is 0. The fourth-order valence-corrected chi connectivity index (χ4v) is 3.54. The van der Waals surface area contributed by atoms with Crippen LogP contribution in [0, 0.1) is 19.1 Å². The molecule has 32 heavy (non-hydrogen) atoms. The highest BCUT2D eigenvalue weighted by atomic mass is 16.5. The molecule has 4 aromatic rings. The molecule has 0 spiro atoms. The van der Waals surface area contributed by atoms with Gasteiger partial charge in [-0.1, -0.05) is 19.9 Å². The number of anilines is 3. The molecular weight excluding hydrogens is 402 g/mol. The number of carbonyl (C=O) groups excluding carboxylic acids is 1. The number of benzene rings is 1. The smallest absolute Gasteiger partial charge is 0.222 e. The van der Waals surface area contributed by atoms with Crippen molar-refractivity contribution in [1.82, 2.24) is 14.5 Å². The molecule has 2 heterocycles. The normalized spacial score (nSPS) is 10.8. The van der Waals surface area contributed by atoms with Crippen LogP contribution in [0.25, 0.3) is 11.0 Å². The molecule has 2 aromatic heterocycles. The van der Waals surface area contributed by atoms with Gasteiger partial charge in [0.05, 0.1) is 0 Å². The number of hydrogen-bond acceptors (Lipinski definition) is 5. The predicted molar refractivity (Wildman–Crippen MR) is 126 cm³/mol. The average molecular weight is 428 g/mol. The molecule has 0 fully saturated rings. The fraction of sp³-hybridized carbons (Fsp3) is 0.240. The van der Waals surface area contributed by atoms with E-state index in [1.807, 2.05) is 17.7 Å². The molecule has 0 radical (unpaired) electrons. The van der Waals surface area contributed by atoms with E-state index in [4.69, 9.17) is 9.72 Å². The maximum Gasteiger partial charge on any atom is 0.222 e. The second kappa shape index (κ2) is 8.60. The molecule has 2 aromatic carbocycles. The van der Waals surface area contributed by atoms with Crippen molar-refractivity contribution in [2.45, 2.75) is 33.6 Å². The van der Waals surface area contributed by atoms with Crippen molar-refractivity contribution in [3.8, 4) is 11.5 Å². The minimum atomic E-state index is -0.196. The quantitative estimate of drug-likeness (QED) is 0.425. The van der Waals surface area contributed by atoms with E-state index in [2.05, 4.69) is 66.7 Å². The maximum atomic E-state index is 11.2. The van der Waals surface area contributed by atoms with Crippen LogP contribution in [0.3, 0.4) is 0 Å². The predicted octanol–water partition coefficient (Wildman–Crippen LogP) is 5.49. The van der Waals surface area contributed by atoms with E-state index in [9.17, 15) is 4.79 Å². The Labute approximate surface area is 187 Å². The molecule has 7 nitrogen and oxygen atoms in total. The molecule has 0 aliphatic rings. The van der Waals surface area contributed by atoms with Crippen LogP contribution in [-0.2, 0) is 11.8 Å². The molecule has 2 N–H and O–H groups in total. The van der Waals surface area contributed by atoms with Gasteiger partial charge >= 0.3 is 0 Å². The van der Waals surface area contributed by atoms with E-state index in [1.54, 1.807) is 18.3 Å². The minimum Gasteiger partial charge on any atom is -0.448 e. The highest BCUT2D eigenvalue weighted by molar-refractivity contribution is 5.87. The Morgan fingerprint density at radius 3 is 2.72 bits per heavy atom. The summed E-state index contributed by atoms with van der Waals surface area (Å²) in [6, 6.07) is 17.7. The van der Waals surface area contributed by atoms with Gasteiger partial charge in [-0.2, -0.15) is 0 Å². The summed E-state index contributed by atoms with van der Waals surface area (Å²) in [6.45, 7) is 7.94. The van der Waals surface area contributed by atoms with Crippen molar-refractivity contribution >= 4 is 34.4 Å². The first kappa shape index (κ1) is 21.2.